The molecular formula is C7H12B2O4. The second-order valence-electron chi connectivity index (χ2n) is 3.17. The number of ketones is 1. The smallest absolute Gasteiger partial charge is 0.257 e. The zero-order valence-corrected chi connectivity index (χ0v) is 7.56. The first-order valence-electron chi connectivity index (χ1n) is 4.29. The van der Waals surface area contributed by atoms with Crippen molar-refractivity contribution in [2.24, 2.45) is 0 Å². The summed E-state index contributed by atoms with van der Waals surface area (Å²) in [5.74, 6) is -0.693. The Kier molecular flexibility index (Phi) is 3.57. The van der Waals surface area contributed by atoms with E-state index in [0.29, 0.717) is 15.0 Å². The molecule has 0 bridgehead atoms. The minimum Gasteiger partial charge on any atom is -0.505 e. The summed E-state index contributed by atoms with van der Waals surface area (Å²) in [5, 5.41) is 18.5. The topological polar surface area (TPSA) is 66.8 Å². The molecule has 0 aliphatic carbocycles. The third kappa shape index (κ3) is 2.60. The van der Waals surface area contributed by atoms with Gasteiger partial charge in [-0.05, 0) is 18.7 Å². The molecule has 2 N–H and O–H groups in total. The number of hydrogen-bond donors (Lipinski definition) is 2. The Bertz CT molecular complexity index is 225. The third-order valence-electron chi connectivity index (χ3n) is 2.16. The average molecular weight is 182 g/mol. The Morgan fingerprint density at radius 2 is 2.31 bits per heavy atom. The largest absolute Gasteiger partial charge is 0.505 e. The summed E-state index contributed by atoms with van der Waals surface area (Å²) >= 11 is 0. The molecule has 1 aliphatic heterocycles. The van der Waals surface area contributed by atoms with Gasteiger partial charge in [0.2, 0.25) is 0 Å². The number of aliphatic hydroxyl groups excluding tert-OH is 2. The quantitative estimate of drug-likeness (QED) is 0.340. The summed E-state index contributed by atoms with van der Waals surface area (Å²) in [6.45, 7) is 1.58. The normalized spacial score (nSPS) is 19.7. The standard InChI is InChI=1S/C7H12B2O4/c1-2-4(10)5(11)3-6(12)7-8-13-9-7/h2,6-10,12H,3H2,1H3/b4-2+. The number of carbonyl (C=O) groups is 1. The number of rotatable bonds is 4. The molecule has 0 spiro atoms. The fourth-order valence-corrected chi connectivity index (χ4v) is 1.10. The maximum atomic E-state index is 11.1. The predicted molar refractivity (Wildman–Crippen MR) is 51.1 cm³/mol. The van der Waals surface area contributed by atoms with Crippen LogP contribution in [0.4, 0.5) is 0 Å². The van der Waals surface area contributed by atoms with E-state index in [4.69, 9.17) is 9.68 Å². The van der Waals surface area contributed by atoms with Crippen LogP contribution in [0.15, 0.2) is 11.8 Å². The van der Waals surface area contributed by atoms with Crippen molar-refractivity contribution in [3.05, 3.63) is 11.8 Å². The molecule has 1 fully saturated rings. The van der Waals surface area contributed by atoms with Crippen LogP contribution >= 0.6 is 0 Å². The van der Waals surface area contributed by atoms with E-state index < -0.39 is 11.9 Å². The van der Waals surface area contributed by atoms with Gasteiger partial charge in [0.15, 0.2) is 11.5 Å². The summed E-state index contributed by atoms with van der Waals surface area (Å²) in [5.41, 5.74) is 0.0496. The highest BCUT2D eigenvalue weighted by Gasteiger charge is 2.31. The molecule has 1 heterocycles. The van der Waals surface area contributed by atoms with Crippen molar-refractivity contribution < 1.29 is 19.6 Å². The van der Waals surface area contributed by atoms with Gasteiger partial charge in [-0.1, -0.05) is 0 Å². The Labute approximate surface area is 78.1 Å². The number of aliphatic hydroxyl groups is 2. The maximum absolute atomic E-state index is 11.1. The molecule has 70 valence electrons. The molecule has 0 aromatic rings. The van der Waals surface area contributed by atoms with Crippen molar-refractivity contribution in [1.82, 2.24) is 0 Å². The molecule has 6 heteroatoms. The van der Waals surface area contributed by atoms with Gasteiger partial charge in [-0.2, -0.15) is 0 Å². The number of Topliss-reactive ketones (excluding diaryl/α,β-unsaturated/α-hetero) is 1. The number of carbonyl (C=O) groups excluding carboxylic acids is 1. The van der Waals surface area contributed by atoms with Crippen molar-refractivity contribution in [2.45, 2.75) is 25.2 Å². The second kappa shape index (κ2) is 4.48. The highest BCUT2D eigenvalue weighted by molar-refractivity contribution is 6.66. The lowest BCUT2D eigenvalue weighted by Gasteiger charge is -2.27. The fourth-order valence-electron chi connectivity index (χ4n) is 1.10. The van der Waals surface area contributed by atoms with Crippen molar-refractivity contribution in [2.75, 3.05) is 0 Å². The highest BCUT2D eigenvalue weighted by atomic mass is 16.4. The van der Waals surface area contributed by atoms with Crippen molar-refractivity contribution in [3.63, 3.8) is 0 Å². The first kappa shape index (κ1) is 10.3. The van der Waals surface area contributed by atoms with Gasteiger partial charge in [0.05, 0.1) is 6.10 Å². The number of allylic oxidation sites excluding steroid dienone is 2. The Morgan fingerprint density at radius 3 is 2.69 bits per heavy atom. The van der Waals surface area contributed by atoms with Gasteiger partial charge in [-0.25, -0.2) is 0 Å². The lowest BCUT2D eigenvalue weighted by Crippen LogP contribution is -2.39. The van der Waals surface area contributed by atoms with E-state index in [9.17, 15) is 9.90 Å². The fraction of sp³-hybridized carbons (Fsp3) is 0.571. The van der Waals surface area contributed by atoms with E-state index in [1.54, 1.807) is 6.92 Å². The van der Waals surface area contributed by atoms with Crippen molar-refractivity contribution >= 4 is 20.7 Å². The lowest BCUT2D eigenvalue weighted by molar-refractivity contribution is -0.119. The van der Waals surface area contributed by atoms with Gasteiger partial charge in [0, 0.05) is 6.42 Å². The van der Waals surface area contributed by atoms with E-state index in [-0.39, 0.29) is 17.9 Å². The van der Waals surface area contributed by atoms with Crippen LogP contribution in [0.2, 0.25) is 5.72 Å². The van der Waals surface area contributed by atoms with Crippen LogP contribution < -0.4 is 0 Å². The molecule has 1 aliphatic rings. The van der Waals surface area contributed by atoms with Gasteiger partial charge in [0.25, 0.3) is 15.0 Å². The molecule has 0 aromatic heterocycles. The Hall–Kier alpha value is -0.740. The zero-order chi connectivity index (χ0) is 9.84. The molecule has 13 heavy (non-hydrogen) atoms. The van der Waals surface area contributed by atoms with Gasteiger partial charge < -0.3 is 14.8 Å². The second-order valence-corrected chi connectivity index (χ2v) is 3.17. The molecule has 1 unspecified atom stereocenters. The first-order valence-corrected chi connectivity index (χ1v) is 4.29. The van der Waals surface area contributed by atoms with Crippen LogP contribution in [0.25, 0.3) is 0 Å². The van der Waals surface area contributed by atoms with E-state index in [2.05, 4.69) is 0 Å². The van der Waals surface area contributed by atoms with E-state index in [1.165, 1.54) is 6.08 Å². The molecular weight excluding hydrogens is 170 g/mol. The summed E-state index contributed by atoms with van der Waals surface area (Å²) in [6.07, 6.45) is 0.611. The van der Waals surface area contributed by atoms with E-state index >= 15 is 0 Å². The zero-order valence-electron chi connectivity index (χ0n) is 7.56. The van der Waals surface area contributed by atoms with E-state index in [1.807, 2.05) is 0 Å². The van der Waals surface area contributed by atoms with E-state index in [0.717, 1.165) is 0 Å². The van der Waals surface area contributed by atoms with Gasteiger partial charge in [-0.15, -0.1) is 0 Å². The van der Waals surface area contributed by atoms with Crippen LogP contribution in [0.1, 0.15) is 13.3 Å². The maximum Gasteiger partial charge on any atom is 0.257 e. The minimum absolute atomic E-state index is 0.0236. The average Bonchev–Trinajstić information content (AvgIpc) is 1.99. The van der Waals surface area contributed by atoms with Crippen molar-refractivity contribution in [3.8, 4) is 0 Å². The molecule has 4 nitrogen and oxygen atoms in total. The third-order valence-corrected chi connectivity index (χ3v) is 2.16. The molecule has 1 saturated heterocycles. The minimum atomic E-state index is -0.691. The molecule has 0 amide bonds. The Morgan fingerprint density at radius 1 is 1.69 bits per heavy atom. The molecule has 1 rings (SSSR count). The highest BCUT2D eigenvalue weighted by Crippen LogP contribution is 2.20. The predicted octanol–water partition coefficient (Wildman–Crippen LogP) is -0.753. The summed E-state index contributed by atoms with van der Waals surface area (Å²) < 4.78 is 4.88. The summed E-state index contributed by atoms with van der Waals surface area (Å²) in [6, 6.07) is 0. The van der Waals surface area contributed by atoms with Crippen LogP contribution in [-0.4, -0.2) is 37.1 Å². The van der Waals surface area contributed by atoms with Crippen LogP contribution in [0, 0.1) is 0 Å². The van der Waals surface area contributed by atoms with Crippen LogP contribution in [0.3, 0.4) is 0 Å². The monoisotopic (exact) mass is 182 g/mol. The van der Waals surface area contributed by atoms with Gasteiger partial charge >= 0.3 is 0 Å². The molecule has 0 radical (unpaired) electrons. The van der Waals surface area contributed by atoms with Crippen LogP contribution in [-0.2, 0) is 9.37 Å². The Balaban J connectivity index is 2.34. The summed E-state index contributed by atoms with van der Waals surface area (Å²) in [4.78, 5) is 11.1. The van der Waals surface area contributed by atoms with Crippen LogP contribution in [0.5, 0.6) is 0 Å². The molecule has 0 aromatic carbocycles. The summed E-state index contributed by atoms with van der Waals surface area (Å²) in [7, 11) is 1.01. The SMILES string of the molecule is C/C=C(/O)C(=O)CC(O)C1BOB1. The lowest BCUT2D eigenvalue weighted by atomic mass is 9.50. The number of hydrogen-bond acceptors (Lipinski definition) is 4. The van der Waals surface area contributed by atoms with Gasteiger partial charge in [-0.3, -0.25) is 4.79 Å². The van der Waals surface area contributed by atoms with Crippen molar-refractivity contribution in [1.29, 1.82) is 0 Å². The van der Waals surface area contributed by atoms with Gasteiger partial charge in [0.1, 0.15) is 0 Å². The first-order chi connectivity index (χ1) is 6.15. The molecule has 1 atom stereocenters. The molecule has 0 saturated carbocycles.